The van der Waals surface area contributed by atoms with Gasteiger partial charge in [0.25, 0.3) is 0 Å². The summed E-state index contributed by atoms with van der Waals surface area (Å²) in [4.78, 5) is 0. The van der Waals surface area contributed by atoms with Crippen molar-refractivity contribution >= 4 is 0 Å². The predicted molar refractivity (Wildman–Crippen MR) is 75.8 cm³/mol. The molecule has 16 heavy (non-hydrogen) atoms. The van der Waals surface area contributed by atoms with Gasteiger partial charge in [-0.25, -0.2) is 0 Å². The molecule has 98 valence electrons. The van der Waals surface area contributed by atoms with Gasteiger partial charge in [-0.05, 0) is 24.2 Å². The van der Waals surface area contributed by atoms with Crippen molar-refractivity contribution in [1.29, 1.82) is 0 Å². The lowest BCUT2D eigenvalue weighted by atomic mass is 9.90. The summed E-state index contributed by atoms with van der Waals surface area (Å²) in [6.07, 6.45) is 11.4. The molecule has 0 heteroatoms. The third kappa shape index (κ3) is 10.5. The van der Waals surface area contributed by atoms with E-state index >= 15 is 0 Å². The van der Waals surface area contributed by atoms with E-state index in [0.29, 0.717) is 0 Å². The van der Waals surface area contributed by atoms with Gasteiger partial charge in [-0.15, -0.1) is 0 Å². The van der Waals surface area contributed by atoms with Crippen LogP contribution < -0.4 is 0 Å². The highest BCUT2D eigenvalue weighted by Gasteiger charge is 2.07. The molecule has 0 amide bonds. The van der Waals surface area contributed by atoms with E-state index < -0.39 is 0 Å². The molecule has 0 rings (SSSR count). The Morgan fingerprint density at radius 1 is 0.688 bits per heavy atom. The Labute approximate surface area is 104 Å². The molecule has 0 nitrogen and oxygen atoms in total. The highest BCUT2D eigenvalue weighted by Crippen LogP contribution is 2.21. The zero-order valence-electron chi connectivity index (χ0n) is 12.4. The summed E-state index contributed by atoms with van der Waals surface area (Å²) in [5, 5.41) is 0. The molecule has 0 aliphatic heterocycles. The number of hydrogen-bond acceptors (Lipinski definition) is 0. The minimum absolute atomic E-state index is 0.891. The highest BCUT2D eigenvalue weighted by molar-refractivity contribution is 4.60. The first-order valence-electron chi connectivity index (χ1n) is 7.56. The molecular formula is C16H34. The van der Waals surface area contributed by atoms with Crippen molar-refractivity contribution in [2.75, 3.05) is 0 Å². The van der Waals surface area contributed by atoms with Crippen LogP contribution in [-0.4, -0.2) is 0 Å². The van der Waals surface area contributed by atoms with E-state index in [1.165, 1.54) is 51.4 Å². The summed E-state index contributed by atoms with van der Waals surface area (Å²) in [7, 11) is 0. The molecule has 0 saturated heterocycles. The Morgan fingerprint density at radius 3 is 1.81 bits per heavy atom. The second kappa shape index (κ2) is 10.2. The summed E-state index contributed by atoms with van der Waals surface area (Å²) >= 11 is 0. The lowest BCUT2D eigenvalue weighted by Crippen LogP contribution is -2.03. The van der Waals surface area contributed by atoms with Crippen LogP contribution in [0.25, 0.3) is 0 Å². The standard InChI is InChI=1S/C16H34/c1-6-10-15(4)13-16(5)12-9-7-8-11-14(2)3/h14-16H,6-13H2,1-5H3. The number of unbranched alkanes of at least 4 members (excludes halogenated alkanes) is 2. The quantitative estimate of drug-likeness (QED) is 0.397. The van der Waals surface area contributed by atoms with Crippen LogP contribution in [0.2, 0.25) is 0 Å². The maximum Gasteiger partial charge on any atom is -0.0440 e. The second-order valence-corrected chi connectivity index (χ2v) is 6.27. The third-order valence-electron chi connectivity index (χ3n) is 3.56. The van der Waals surface area contributed by atoms with E-state index in [4.69, 9.17) is 0 Å². The van der Waals surface area contributed by atoms with Crippen LogP contribution in [0.3, 0.4) is 0 Å². The summed E-state index contributed by atoms with van der Waals surface area (Å²) in [6, 6.07) is 0. The van der Waals surface area contributed by atoms with E-state index in [0.717, 1.165) is 17.8 Å². The number of rotatable bonds is 10. The molecule has 0 radical (unpaired) electrons. The topological polar surface area (TPSA) is 0 Å². The van der Waals surface area contributed by atoms with Gasteiger partial charge in [-0.1, -0.05) is 79.6 Å². The molecule has 2 unspecified atom stereocenters. The van der Waals surface area contributed by atoms with Gasteiger partial charge in [-0.3, -0.25) is 0 Å². The minimum Gasteiger partial charge on any atom is -0.0654 e. The summed E-state index contributed by atoms with van der Waals surface area (Å²) in [5.41, 5.74) is 0. The fourth-order valence-electron chi connectivity index (χ4n) is 2.64. The van der Waals surface area contributed by atoms with E-state index in [1.807, 2.05) is 0 Å². The minimum atomic E-state index is 0.891. The van der Waals surface area contributed by atoms with E-state index in [-0.39, 0.29) is 0 Å². The van der Waals surface area contributed by atoms with Crippen LogP contribution >= 0.6 is 0 Å². The molecule has 2 atom stereocenters. The largest absolute Gasteiger partial charge is 0.0654 e. The molecule has 0 fully saturated rings. The predicted octanol–water partition coefficient (Wildman–Crippen LogP) is 6.06. The molecule has 0 bridgehead atoms. The van der Waals surface area contributed by atoms with Gasteiger partial charge < -0.3 is 0 Å². The van der Waals surface area contributed by atoms with Crippen molar-refractivity contribution in [2.45, 2.75) is 86.0 Å². The molecule has 0 heterocycles. The molecule has 0 saturated carbocycles. The van der Waals surface area contributed by atoms with Crippen molar-refractivity contribution in [3.63, 3.8) is 0 Å². The molecule has 0 aromatic carbocycles. The van der Waals surface area contributed by atoms with Gasteiger partial charge in [0.2, 0.25) is 0 Å². The average Bonchev–Trinajstić information content (AvgIpc) is 2.16. The molecule has 0 aliphatic rings. The van der Waals surface area contributed by atoms with Crippen molar-refractivity contribution in [1.82, 2.24) is 0 Å². The van der Waals surface area contributed by atoms with Crippen LogP contribution in [0.5, 0.6) is 0 Å². The van der Waals surface area contributed by atoms with Crippen LogP contribution in [-0.2, 0) is 0 Å². The zero-order chi connectivity index (χ0) is 12.4. The fourth-order valence-corrected chi connectivity index (χ4v) is 2.64. The van der Waals surface area contributed by atoms with Crippen LogP contribution in [0.4, 0.5) is 0 Å². The molecule has 0 aromatic heterocycles. The summed E-state index contributed by atoms with van der Waals surface area (Å²) in [5.74, 6) is 2.78. The molecule has 0 N–H and O–H groups in total. The zero-order valence-corrected chi connectivity index (χ0v) is 12.4. The van der Waals surface area contributed by atoms with Gasteiger partial charge in [0.1, 0.15) is 0 Å². The Hall–Kier alpha value is 0. The van der Waals surface area contributed by atoms with Gasteiger partial charge in [-0.2, -0.15) is 0 Å². The molecular weight excluding hydrogens is 192 g/mol. The molecule has 0 spiro atoms. The summed E-state index contributed by atoms with van der Waals surface area (Å²) in [6.45, 7) is 11.8. The van der Waals surface area contributed by atoms with Gasteiger partial charge in [0, 0.05) is 0 Å². The highest BCUT2D eigenvalue weighted by atomic mass is 14.1. The first kappa shape index (κ1) is 16.0. The Bertz CT molecular complexity index is 137. The SMILES string of the molecule is CCCC(C)CC(C)CCCCCC(C)C. The fraction of sp³-hybridized carbons (Fsp3) is 1.00. The van der Waals surface area contributed by atoms with Crippen LogP contribution in [0, 0.1) is 17.8 Å². The summed E-state index contributed by atoms with van der Waals surface area (Å²) < 4.78 is 0. The first-order valence-corrected chi connectivity index (χ1v) is 7.56. The van der Waals surface area contributed by atoms with Gasteiger partial charge >= 0.3 is 0 Å². The Kier molecular flexibility index (Phi) is 10.2. The van der Waals surface area contributed by atoms with Crippen molar-refractivity contribution in [3.8, 4) is 0 Å². The van der Waals surface area contributed by atoms with E-state index in [9.17, 15) is 0 Å². The van der Waals surface area contributed by atoms with E-state index in [2.05, 4.69) is 34.6 Å². The lowest BCUT2D eigenvalue weighted by molar-refractivity contribution is 0.362. The maximum absolute atomic E-state index is 2.44. The monoisotopic (exact) mass is 226 g/mol. The molecule has 0 aromatic rings. The van der Waals surface area contributed by atoms with Crippen LogP contribution in [0.1, 0.15) is 86.0 Å². The normalized spacial score (nSPS) is 15.4. The smallest absolute Gasteiger partial charge is 0.0440 e. The second-order valence-electron chi connectivity index (χ2n) is 6.27. The number of hydrogen-bond donors (Lipinski definition) is 0. The molecule has 0 aliphatic carbocycles. The lowest BCUT2D eigenvalue weighted by Gasteiger charge is -2.16. The Balaban J connectivity index is 3.33. The van der Waals surface area contributed by atoms with Crippen LogP contribution in [0.15, 0.2) is 0 Å². The third-order valence-corrected chi connectivity index (χ3v) is 3.56. The van der Waals surface area contributed by atoms with Gasteiger partial charge in [0.05, 0.1) is 0 Å². The maximum atomic E-state index is 2.44. The van der Waals surface area contributed by atoms with Crippen molar-refractivity contribution in [2.24, 2.45) is 17.8 Å². The Morgan fingerprint density at radius 2 is 1.25 bits per heavy atom. The first-order chi connectivity index (χ1) is 7.56. The van der Waals surface area contributed by atoms with Gasteiger partial charge in [0.15, 0.2) is 0 Å². The van der Waals surface area contributed by atoms with Crippen molar-refractivity contribution < 1.29 is 0 Å². The van der Waals surface area contributed by atoms with E-state index in [1.54, 1.807) is 0 Å². The van der Waals surface area contributed by atoms with Crippen molar-refractivity contribution in [3.05, 3.63) is 0 Å². The average molecular weight is 226 g/mol.